The number of carbonyl (C=O) groups is 2. The summed E-state index contributed by atoms with van der Waals surface area (Å²) < 4.78 is 18.3. The van der Waals surface area contributed by atoms with Gasteiger partial charge in [-0.15, -0.1) is 0 Å². The first kappa shape index (κ1) is 18.8. The van der Waals surface area contributed by atoms with Crippen molar-refractivity contribution in [2.45, 2.75) is 57.1 Å². The van der Waals surface area contributed by atoms with Crippen LogP contribution >= 0.6 is 0 Å². The second-order valence-electron chi connectivity index (χ2n) is 6.29. The number of alkyl halides is 1. The Morgan fingerprint density at radius 2 is 2.27 bits per heavy atom. The summed E-state index contributed by atoms with van der Waals surface area (Å²) in [5, 5.41) is 15.4. The summed E-state index contributed by atoms with van der Waals surface area (Å²) in [5.74, 6) is -1.04. The van der Waals surface area contributed by atoms with E-state index in [-0.39, 0.29) is 24.7 Å². The van der Waals surface area contributed by atoms with Crippen LogP contribution in [0.25, 0.3) is 0 Å². The zero-order valence-electron chi connectivity index (χ0n) is 13.3. The van der Waals surface area contributed by atoms with Gasteiger partial charge in [-0.05, 0) is 33.1 Å². The third-order valence-electron chi connectivity index (χ3n) is 3.67. The molecule has 7 nitrogen and oxygen atoms in total. The third kappa shape index (κ3) is 5.86. The molecule has 1 heterocycles. The van der Waals surface area contributed by atoms with E-state index in [0.29, 0.717) is 13.0 Å². The van der Waals surface area contributed by atoms with E-state index in [1.54, 1.807) is 0 Å². The Morgan fingerprint density at radius 1 is 1.64 bits per heavy atom. The van der Waals surface area contributed by atoms with Crippen molar-refractivity contribution in [3.8, 4) is 0 Å². The van der Waals surface area contributed by atoms with Gasteiger partial charge in [0.2, 0.25) is 5.91 Å². The number of carbonyl (C=O) groups excluding carboxylic acids is 2. The van der Waals surface area contributed by atoms with E-state index in [9.17, 15) is 19.1 Å². The fraction of sp³-hybridized carbons (Fsp3) is 0.857. The maximum absolute atomic E-state index is 13.6. The number of amides is 1. The molecule has 22 heavy (non-hydrogen) atoms. The Labute approximate surface area is 129 Å². The highest BCUT2D eigenvalue weighted by Crippen LogP contribution is 2.19. The molecule has 0 saturated carbocycles. The molecule has 1 rings (SSSR count). The molecule has 1 aliphatic heterocycles. The predicted octanol–water partition coefficient (Wildman–Crippen LogP) is -0.572. The van der Waals surface area contributed by atoms with Crippen LogP contribution < -0.4 is 16.4 Å². The zero-order valence-corrected chi connectivity index (χ0v) is 13.3. The number of hydrogen-bond donors (Lipinski definition) is 4. The van der Waals surface area contributed by atoms with Crippen LogP contribution in [0.3, 0.4) is 0 Å². The molecule has 128 valence electrons. The SMILES string of the molecule is COC(=O)[C@H](C[C@@H]1CCNC1=O)NC(O)[C@@H](N)CC(C)(C)F. The first-order valence-corrected chi connectivity index (χ1v) is 7.38. The fourth-order valence-corrected chi connectivity index (χ4v) is 2.53. The lowest BCUT2D eigenvalue weighted by Crippen LogP contribution is -2.54. The number of ether oxygens (including phenoxy) is 1. The molecule has 8 heteroatoms. The average molecular weight is 319 g/mol. The Balaban J connectivity index is 2.64. The standard InChI is InChI=1S/C14H26FN3O4/c1-14(2,15)7-9(16)12(20)18-10(13(21)22-3)6-8-4-5-17-11(8)19/h8-10,12,18,20H,4-7,16H2,1-3H3,(H,17,19)/t8-,9-,10-,12?/m0/s1. The number of esters is 1. The average Bonchev–Trinajstić information content (AvgIpc) is 2.80. The monoisotopic (exact) mass is 319 g/mol. The minimum atomic E-state index is -1.53. The molecule has 0 radical (unpaired) electrons. The van der Waals surface area contributed by atoms with Crippen LogP contribution in [0.5, 0.6) is 0 Å². The van der Waals surface area contributed by atoms with Crippen molar-refractivity contribution in [3.63, 3.8) is 0 Å². The highest BCUT2D eigenvalue weighted by Gasteiger charge is 2.33. The van der Waals surface area contributed by atoms with Crippen molar-refractivity contribution in [2.75, 3.05) is 13.7 Å². The first-order valence-electron chi connectivity index (χ1n) is 7.38. The molecule has 1 fully saturated rings. The Morgan fingerprint density at radius 3 is 2.73 bits per heavy atom. The molecule has 1 saturated heterocycles. The van der Waals surface area contributed by atoms with Crippen molar-refractivity contribution in [1.82, 2.24) is 10.6 Å². The van der Waals surface area contributed by atoms with Crippen molar-refractivity contribution in [1.29, 1.82) is 0 Å². The largest absolute Gasteiger partial charge is 0.468 e. The molecular weight excluding hydrogens is 293 g/mol. The van der Waals surface area contributed by atoms with Gasteiger partial charge in [0.05, 0.1) is 7.11 Å². The van der Waals surface area contributed by atoms with Crippen molar-refractivity contribution >= 4 is 11.9 Å². The van der Waals surface area contributed by atoms with Crippen LogP contribution in [0.15, 0.2) is 0 Å². The number of aliphatic hydroxyl groups is 1. The molecule has 0 aromatic heterocycles. The van der Waals surface area contributed by atoms with Crippen molar-refractivity contribution in [3.05, 3.63) is 0 Å². The van der Waals surface area contributed by atoms with Crippen LogP contribution in [0.4, 0.5) is 4.39 Å². The second-order valence-corrected chi connectivity index (χ2v) is 6.29. The quantitative estimate of drug-likeness (QED) is 0.352. The molecule has 1 unspecified atom stereocenters. The summed E-state index contributed by atoms with van der Waals surface area (Å²) >= 11 is 0. The number of rotatable bonds is 8. The van der Waals surface area contributed by atoms with Gasteiger partial charge in [-0.3, -0.25) is 14.9 Å². The molecule has 1 amide bonds. The van der Waals surface area contributed by atoms with Gasteiger partial charge in [-0.2, -0.15) is 0 Å². The highest BCUT2D eigenvalue weighted by atomic mass is 19.1. The molecule has 0 aromatic rings. The van der Waals surface area contributed by atoms with Gasteiger partial charge in [0.25, 0.3) is 0 Å². The van der Waals surface area contributed by atoms with Crippen LogP contribution in [0, 0.1) is 5.92 Å². The summed E-state index contributed by atoms with van der Waals surface area (Å²) in [7, 11) is 1.22. The third-order valence-corrected chi connectivity index (χ3v) is 3.67. The Kier molecular flexibility index (Phi) is 6.70. The van der Waals surface area contributed by atoms with E-state index >= 15 is 0 Å². The summed E-state index contributed by atoms with van der Waals surface area (Å²) in [6, 6.07) is -1.76. The summed E-state index contributed by atoms with van der Waals surface area (Å²) in [4.78, 5) is 23.4. The summed E-state index contributed by atoms with van der Waals surface area (Å²) in [6.45, 7) is 3.29. The number of hydrogen-bond acceptors (Lipinski definition) is 6. The van der Waals surface area contributed by atoms with Gasteiger partial charge >= 0.3 is 5.97 Å². The molecule has 0 spiro atoms. The predicted molar refractivity (Wildman–Crippen MR) is 78.5 cm³/mol. The van der Waals surface area contributed by atoms with E-state index in [0.717, 1.165) is 0 Å². The topological polar surface area (TPSA) is 114 Å². The lowest BCUT2D eigenvalue weighted by Gasteiger charge is -2.28. The van der Waals surface area contributed by atoms with E-state index in [4.69, 9.17) is 5.73 Å². The molecule has 0 bridgehead atoms. The van der Waals surface area contributed by atoms with Gasteiger partial charge < -0.3 is 20.9 Å². The molecular formula is C14H26FN3O4. The Bertz CT molecular complexity index is 400. The molecule has 0 aromatic carbocycles. The molecule has 1 aliphatic rings. The van der Waals surface area contributed by atoms with E-state index in [1.165, 1.54) is 21.0 Å². The van der Waals surface area contributed by atoms with Gasteiger partial charge in [-0.25, -0.2) is 4.39 Å². The molecule has 4 atom stereocenters. The zero-order chi connectivity index (χ0) is 16.9. The maximum atomic E-state index is 13.6. The lowest BCUT2D eigenvalue weighted by atomic mass is 9.96. The normalized spacial score (nSPS) is 22.8. The Hall–Kier alpha value is -1.25. The van der Waals surface area contributed by atoms with Gasteiger partial charge in [0, 0.05) is 18.5 Å². The van der Waals surface area contributed by atoms with Crippen molar-refractivity contribution in [2.24, 2.45) is 11.7 Å². The van der Waals surface area contributed by atoms with Crippen LogP contribution in [-0.4, -0.2) is 54.6 Å². The van der Waals surface area contributed by atoms with Gasteiger partial charge in [-0.1, -0.05) is 0 Å². The van der Waals surface area contributed by atoms with E-state index < -0.39 is 29.9 Å². The molecule has 5 N–H and O–H groups in total. The second kappa shape index (κ2) is 7.85. The van der Waals surface area contributed by atoms with Crippen molar-refractivity contribution < 1.29 is 23.8 Å². The first-order chi connectivity index (χ1) is 10.1. The fourth-order valence-electron chi connectivity index (χ4n) is 2.53. The minimum Gasteiger partial charge on any atom is -0.468 e. The van der Waals surface area contributed by atoms with Crippen LogP contribution in [0.1, 0.15) is 33.1 Å². The lowest BCUT2D eigenvalue weighted by molar-refractivity contribution is -0.145. The summed E-state index contributed by atoms with van der Waals surface area (Å²) in [6.07, 6.45) is -0.530. The van der Waals surface area contributed by atoms with Crippen LogP contribution in [0.2, 0.25) is 0 Å². The van der Waals surface area contributed by atoms with Gasteiger partial charge in [0.15, 0.2) is 0 Å². The van der Waals surface area contributed by atoms with E-state index in [1.807, 2.05) is 0 Å². The minimum absolute atomic E-state index is 0.0705. The number of methoxy groups -OCH3 is 1. The number of nitrogens with two attached hydrogens (primary N) is 1. The number of aliphatic hydroxyl groups excluding tert-OH is 1. The highest BCUT2D eigenvalue weighted by molar-refractivity contribution is 5.82. The van der Waals surface area contributed by atoms with Crippen LogP contribution in [-0.2, 0) is 14.3 Å². The maximum Gasteiger partial charge on any atom is 0.322 e. The summed E-state index contributed by atoms with van der Waals surface area (Å²) in [5.41, 5.74) is 4.21. The molecule has 0 aliphatic carbocycles. The van der Waals surface area contributed by atoms with E-state index in [2.05, 4.69) is 15.4 Å². The number of halogens is 1. The number of nitrogens with one attached hydrogen (secondary N) is 2. The van der Waals surface area contributed by atoms with Gasteiger partial charge in [0.1, 0.15) is 17.9 Å². The smallest absolute Gasteiger partial charge is 0.322 e.